The maximum absolute atomic E-state index is 6.87. The van der Waals surface area contributed by atoms with Crippen molar-refractivity contribution in [3.05, 3.63) is 165 Å². The number of hydrogen-bond donors (Lipinski definition) is 0. The first-order valence-corrected chi connectivity index (χ1v) is 16.3. The molecule has 1 aliphatic heterocycles. The topological polar surface area (TPSA) is 40.7 Å². The van der Waals surface area contributed by atoms with E-state index in [1.807, 2.05) is 55.4 Å². The molecule has 0 spiro atoms. The molecule has 10 rings (SSSR count). The van der Waals surface area contributed by atoms with E-state index in [2.05, 4.69) is 136 Å². The standard InChI is InChI=1S/C43H28N5O.Pt/c1-45-24-25-46(28-45)30-11-8-12-31(26-30)47(39-17-9-15-36-37-21-19-29-10-2-3-13-33(29)42(37)49-43(36)39)32-20-22-35-34-14-4-5-16-38(34)48(40(35)27-32)41-18-6-7-23-44-41;/h2-25,28H,1H3;/q-3;. The third-order valence-electron chi connectivity index (χ3n) is 9.35. The summed E-state index contributed by atoms with van der Waals surface area (Å²) in [4.78, 5) is 11.1. The Labute approximate surface area is 303 Å². The molecule has 0 saturated carbocycles. The fraction of sp³-hybridized carbons (Fsp3) is 0.0233. The van der Waals surface area contributed by atoms with Gasteiger partial charge in [-0.1, -0.05) is 83.6 Å². The Morgan fingerprint density at radius 2 is 1.40 bits per heavy atom. The number of anilines is 4. The van der Waals surface area contributed by atoms with Crippen LogP contribution < -0.4 is 9.80 Å². The minimum Gasteiger partial charge on any atom is -0.510 e. The Kier molecular flexibility index (Phi) is 7.22. The van der Waals surface area contributed by atoms with Crippen molar-refractivity contribution >= 4 is 77.3 Å². The summed E-state index contributed by atoms with van der Waals surface area (Å²) in [5.41, 5.74) is 7.26. The summed E-state index contributed by atoms with van der Waals surface area (Å²) in [6.07, 6.45) is 5.89. The van der Waals surface area contributed by atoms with Gasteiger partial charge in [0.15, 0.2) is 5.58 Å². The molecule has 0 fully saturated rings. The largest absolute Gasteiger partial charge is 0.510 e. The van der Waals surface area contributed by atoms with Gasteiger partial charge in [-0.05, 0) is 60.6 Å². The number of benzene rings is 6. The second kappa shape index (κ2) is 11.9. The van der Waals surface area contributed by atoms with E-state index in [4.69, 9.17) is 9.40 Å². The van der Waals surface area contributed by atoms with Crippen LogP contribution in [0.25, 0.3) is 60.3 Å². The molecule has 3 aromatic heterocycles. The number of nitrogens with zero attached hydrogens (tertiary/aromatic N) is 5. The molecule has 244 valence electrons. The number of furan rings is 1. The second-order valence-corrected chi connectivity index (χ2v) is 12.3. The number of pyridine rings is 1. The number of fused-ring (bicyclic) bond motifs is 8. The summed E-state index contributed by atoms with van der Waals surface area (Å²) in [5, 5.41) is 6.64. The van der Waals surface area contributed by atoms with Crippen LogP contribution in [0.2, 0.25) is 0 Å². The summed E-state index contributed by atoms with van der Waals surface area (Å²) in [6, 6.07) is 51.7. The molecule has 0 aliphatic carbocycles. The zero-order valence-electron chi connectivity index (χ0n) is 26.9. The van der Waals surface area contributed by atoms with Gasteiger partial charge >= 0.3 is 0 Å². The average molecular weight is 826 g/mol. The van der Waals surface area contributed by atoms with Crippen molar-refractivity contribution in [2.45, 2.75) is 0 Å². The average Bonchev–Trinajstić information content (AvgIpc) is 3.86. The maximum Gasteiger partial charge on any atom is 0.159 e. The molecule has 6 aromatic carbocycles. The van der Waals surface area contributed by atoms with Crippen molar-refractivity contribution < 1.29 is 25.5 Å². The minimum atomic E-state index is 0. The Balaban J connectivity index is 0.00000336. The molecule has 1 aliphatic rings. The summed E-state index contributed by atoms with van der Waals surface area (Å²) in [7, 11) is 2.02. The zero-order valence-corrected chi connectivity index (χ0v) is 29.2. The first-order chi connectivity index (χ1) is 24.2. The van der Waals surface area contributed by atoms with Gasteiger partial charge in [-0.3, -0.25) is 0 Å². The van der Waals surface area contributed by atoms with Crippen molar-refractivity contribution in [3.8, 4) is 5.82 Å². The quantitative estimate of drug-likeness (QED) is 0.162. The Morgan fingerprint density at radius 1 is 0.640 bits per heavy atom. The smallest absolute Gasteiger partial charge is 0.159 e. The molecule has 0 radical (unpaired) electrons. The van der Waals surface area contributed by atoms with Gasteiger partial charge in [-0.25, -0.2) is 4.98 Å². The number of aromatic nitrogens is 2. The zero-order chi connectivity index (χ0) is 32.5. The summed E-state index contributed by atoms with van der Waals surface area (Å²) in [6.45, 7) is 2.04. The van der Waals surface area contributed by atoms with E-state index in [1.165, 1.54) is 0 Å². The van der Waals surface area contributed by atoms with Gasteiger partial charge in [0.2, 0.25) is 0 Å². The summed E-state index contributed by atoms with van der Waals surface area (Å²) < 4.78 is 9.07. The Hall–Kier alpha value is -5.84. The molecule has 0 amide bonds. The first-order valence-electron chi connectivity index (χ1n) is 16.3. The van der Waals surface area contributed by atoms with Gasteiger partial charge in [0.05, 0.1) is 5.69 Å². The Morgan fingerprint density at radius 3 is 2.26 bits per heavy atom. The van der Waals surface area contributed by atoms with Crippen LogP contribution in [0, 0.1) is 18.8 Å². The van der Waals surface area contributed by atoms with E-state index in [-0.39, 0.29) is 21.1 Å². The first kappa shape index (κ1) is 30.2. The van der Waals surface area contributed by atoms with Crippen LogP contribution in [0.15, 0.2) is 150 Å². The van der Waals surface area contributed by atoms with E-state index in [0.717, 1.165) is 83.1 Å². The predicted molar refractivity (Wildman–Crippen MR) is 199 cm³/mol. The van der Waals surface area contributed by atoms with Crippen molar-refractivity contribution in [1.29, 1.82) is 0 Å². The van der Waals surface area contributed by atoms with Crippen LogP contribution in [0.1, 0.15) is 0 Å². The van der Waals surface area contributed by atoms with Crippen LogP contribution in [-0.4, -0.2) is 21.5 Å². The molecule has 4 heterocycles. The molecule has 0 unspecified atom stereocenters. The molecule has 0 N–H and O–H groups in total. The van der Waals surface area contributed by atoms with E-state index in [0.29, 0.717) is 0 Å². The molecule has 0 atom stereocenters. The van der Waals surface area contributed by atoms with Crippen LogP contribution in [0.4, 0.5) is 22.7 Å². The third-order valence-corrected chi connectivity index (χ3v) is 9.35. The molecular weight excluding hydrogens is 798 g/mol. The fourth-order valence-corrected chi connectivity index (χ4v) is 7.13. The molecule has 7 heteroatoms. The van der Waals surface area contributed by atoms with Crippen molar-refractivity contribution in [2.75, 3.05) is 16.8 Å². The molecule has 9 aromatic rings. The molecular formula is C43H28N5OPt-3. The molecule has 50 heavy (non-hydrogen) atoms. The van der Waals surface area contributed by atoms with E-state index in [1.54, 1.807) is 0 Å². The SMILES string of the molecule is CN1C=CN(c2[c-]c(N(c3[c-]c4c(cc3)c3ccccc3n4-c3ccccn3)c3cccc4c3oc3c5ccccc5ccc43)ccc2)[CH-]1.[Pt]. The van der Waals surface area contributed by atoms with Gasteiger partial charge in [-0.15, -0.1) is 41.4 Å². The van der Waals surface area contributed by atoms with Gasteiger partial charge in [0.1, 0.15) is 11.4 Å². The summed E-state index contributed by atoms with van der Waals surface area (Å²) >= 11 is 0. The van der Waals surface area contributed by atoms with Gasteiger partial charge < -0.3 is 23.7 Å². The van der Waals surface area contributed by atoms with Gasteiger partial charge in [0, 0.05) is 48.9 Å². The molecule has 0 saturated heterocycles. The predicted octanol–water partition coefficient (Wildman–Crippen LogP) is 10.6. The Bertz CT molecular complexity index is 2750. The minimum absolute atomic E-state index is 0. The van der Waals surface area contributed by atoms with Crippen molar-refractivity contribution in [1.82, 2.24) is 14.5 Å². The van der Waals surface area contributed by atoms with Crippen LogP contribution in [-0.2, 0) is 21.1 Å². The monoisotopic (exact) mass is 825 g/mol. The van der Waals surface area contributed by atoms with Crippen LogP contribution >= 0.6 is 0 Å². The molecule has 6 nitrogen and oxygen atoms in total. The normalized spacial score (nSPS) is 12.9. The maximum atomic E-state index is 6.87. The van der Waals surface area contributed by atoms with Crippen molar-refractivity contribution in [2.24, 2.45) is 0 Å². The van der Waals surface area contributed by atoms with E-state index < -0.39 is 0 Å². The third kappa shape index (κ3) is 4.71. The van der Waals surface area contributed by atoms with Gasteiger partial charge in [-0.2, -0.15) is 18.8 Å². The molecule has 0 bridgehead atoms. The number of para-hydroxylation sites is 2. The number of rotatable bonds is 5. The van der Waals surface area contributed by atoms with E-state index >= 15 is 0 Å². The van der Waals surface area contributed by atoms with Gasteiger partial charge in [0.25, 0.3) is 0 Å². The summed E-state index contributed by atoms with van der Waals surface area (Å²) in [5.74, 6) is 0.842. The second-order valence-electron chi connectivity index (χ2n) is 12.3. The van der Waals surface area contributed by atoms with Crippen molar-refractivity contribution in [3.63, 3.8) is 0 Å². The van der Waals surface area contributed by atoms with Crippen LogP contribution in [0.5, 0.6) is 0 Å². The van der Waals surface area contributed by atoms with E-state index in [9.17, 15) is 0 Å². The fourth-order valence-electron chi connectivity index (χ4n) is 7.13. The van der Waals surface area contributed by atoms with Crippen LogP contribution in [0.3, 0.4) is 0 Å². The number of hydrogen-bond acceptors (Lipinski definition) is 5.